The Morgan fingerprint density at radius 1 is 1.35 bits per heavy atom. The van der Waals surface area contributed by atoms with Gasteiger partial charge >= 0.3 is 6.18 Å². The van der Waals surface area contributed by atoms with Crippen LogP contribution in [0.5, 0.6) is 0 Å². The number of hydrogen-bond acceptors (Lipinski definition) is 5. The second kappa shape index (κ2) is 7.14. The second-order valence-electron chi connectivity index (χ2n) is 5.81. The van der Waals surface area contributed by atoms with Crippen molar-refractivity contribution in [3.05, 3.63) is 47.1 Å². The van der Waals surface area contributed by atoms with Gasteiger partial charge in [0.05, 0.1) is 17.7 Å². The van der Waals surface area contributed by atoms with Gasteiger partial charge in [-0.15, -0.1) is 0 Å². The normalized spacial score (nSPS) is 17.7. The summed E-state index contributed by atoms with van der Waals surface area (Å²) in [6.45, 7) is 0.301. The molecule has 2 aromatic rings. The van der Waals surface area contributed by atoms with E-state index in [1.807, 2.05) is 0 Å². The molecule has 0 saturated carbocycles. The largest absolute Gasteiger partial charge is 0.417 e. The van der Waals surface area contributed by atoms with Crippen LogP contribution in [-0.2, 0) is 17.5 Å². The molecule has 7 nitrogen and oxygen atoms in total. The summed E-state index contributed by atoms with van der Waals surface area (Å²) in [6, 6.07) is 4.50. The first-order valence-electron chi connectivity index (χ1n) is 7.88. The van der Waals surface area contributed by atoms with Gasteiger partial charge in [0.2, 0.25) is 11.8 Å². The lowest BCUT2D eigenvalue weighted by molar-refractivity contribution is -0.138. The van der Waals surface area contributed by atoms with Crippen molar-refractivity contribution >= 4 is 11.8 Å². The zero-order valence-electron chi connectivity index (χ0n) is 13.5. The zero-order chi connectivity index (χ0) is 18.7. The maximum absolute atomic E-state index is 13.0. The summed E-state index contributed by atoms with van der Waals surface area (Å²) in [5.41, 5.74) is -1.50. The van der Waals surface area contributed by atoms with E-state index in [1.54, 1.807) is 0 Å². The van der Waals surface area contributed by atoms with Gasteiger partial charge < -0.3 is 15.2 Å². The van der Waals surface area contributed by atoms with E-state index in [4.69, 9.17) is 4.52 Å². The van der Waals surface area contributed by atoms with Gasteiger partial charge in [0.15, 0.2) is 5.82 Å². The van der Waals surface area contributed by atoms with Gasteiger partial charge in [-0.3, -0.25) is 9.59 Å². The fourth-order valence-corrected chi connectivity index (χ4v) is 2.69. The lowest BCUT2D eigenvalue weighted by Crippen LogP contribution is -2.33. The van der Waals surface area contributed by atoms with Crippen LogP contribution in [0.3, 0.4) is 0 Å². The first-order chi connectivity index (χ1) is 12.3. The number of hydrogen-bond donors (Lipinski definition) is 2. The van der Waals surface area contributed by atoms with Crippen LogP contribution < -0.4 is 10.6 Å². The quantitative estimate of drug-likeness (QED) is 0.861. The fraction of sp³-hybridized carbons (Fsp3) is 0.375. The van der Waals surface area contributed by atoms with Crippen LogP contribution in [0, 0.1) is 0 Å². The maximum Gasteiger partial charge on any atom is 0.417 e. The Morgan fingerprint density at radius 2 is 2.12 bits per heavy atom. The third-order valence-electron chi connectivity index (χ3n) is 3.97. The van der Waals surface area contributed by atoms with Crippen molar-refractivity contribution in [3.63, 3.8) is 0 Å². The number of carbonyl (C=O) groups is 2. The minimum atomic E-state index is -4.63. The summed E-state index contributed by atoms with van der Waals surface area (Å²) < 4.78 is 43.9. The molecule has 2 amide bonds. The molecule has 1 atom stereocenters. The van der Waals surface area contributed by atoms with Crippen molar-refractivity contribution in [3.8, 4) is 0 Å². The summed E-state index contributed by atoms with van der Waals surface area (Å²) in [6.07, 6.45) is -3.73. The summed E-state index contributed by atoms with van der Waals surface area (Å²) in [5, 5.41) is 8.81. The van der Waals surface area contributed by atoms with E-state index < -0.39 is 23.2 Å². The van der Waals surface area contributed by atoms with Crippen molar-refractivity contribution in [1.29, 1.82) is 0 Å². The molecule has 26 heavy (non-hydrogen) atoms. The van der Waals surface area contributed by atoms with Crippen LogP contribution in [0.2, 0.25) is 0 Å². The number of rotatable bonds is 4. The monoisotopic (exact) mass is 368 g/mol. The van der Waals surface area contributed by atoms with E-state index in [1.165, 1.54) is 12.1 Å². The minimum absolute atomic E-state index is 0.0591. The number of halogens is 3. The number of aromatic nitrogens is 2. The fourth-order valence-electron chi connectivity index (χ4n) is 2.69. The van der Waals surface area contributed by atoms with Crippen molar-refractivity contribution < 1.29 is 27.3 Å². The molecule has 2 heterocycles. The van der Waals surface area contributed by atoms with E-state index in [0.717, 1.165) is 12.1 Å². The molecule has 1 fully saturated rings. The number of nitrogens with zero attached hydrogens (tertiary/aromatic N) is 2. The van der Waals surface area contributed by atoms with Crippen LogP contribution in [0.1, 0.15) is 46.4 Å². The lowest BCUT2D eigenvalue weighted by atomic mass is 9.97. The number of amides is 2. The highest BCUT2D eigenvalue weighted by Crippen LogP contribution is 2.31. The average molecular weight is 368 g/mol. The van der Waals surface area contributed by atoms with E-state index in [0.29, 0.717) is 18.8 Å². The van der Waals surface area contributed by atoms with Gasteiger partial charge in [0.25, 0.3) is 5.91 Å². The molecule has 1 aliphatic rings. The van der Waals surface area contributed by atoms with Crippen LogP contribution in [0.4, 0.5) is 13.2 Å². The third kappa shape index (κ3) is 4.01. The van der Waals surface area contributed by atoms with Crippen molar-refractivity contribution in [2.45, 2.75) is 31.5 Å². The van der Waals surface area contributed by atoms with Gasteiger partial charge in [0.1, 0.15) is 0 Å². The predicted octanol–water partition coefficient (Wildman–Crippen LogP) is 2.01. The number of benzene rings is 1. The Kier molecular flexibility index (Phi) is 4.92. The molecule has 1 aliphatic heterocycles. The molecule has 0 radical (unpaired) electrons. The maximum atomic E-state index is 13.0. The van der Waals surface area contributed by atoms with Crippen molar-refractivity contribution in [2.75, 3.05) is 6.54 Å². The van der Waals surface area contributed by atoms with Crippen LogP contribution in [0.25, 0.3) is 0 Å². The van der Waals surface area contributed by atoms with Gasteiger partial charge in [-0.1, -0.05) is 17.3 Å². The Labute approximate surface area is 146 Å². The van der Waals surface area contributed by atoms with E-state index in [-0.39, 0.29) is 30.7 Å². The number of carbonyl (C=O) groups excluding carboxylic acids is 2. The Hall–Kier alpha value is -2.91. The minimum Gasteiger partial charge on any atom is -0.356 e. The van der Waals surface area contributed by atoms with Gasteiger partial charge in [0, 0.05) is 18.9 Å². The van der Waals surface area contributed by atoms with Crippen LogP contribution in [-0.4, -0.2) is 28.5 Å². The molecular weight excluding hydrogens is 353 g/mol. The third-order valence-corrected chi connectivity index (χ3v) is 3.97. The summed E-state index contributed by atoms with van der Waals surface area (Å²) in [7, 11) is 0. The van der Waals surface area contributed by atoms with Gasteiger partial charge in [-0.2, -0.15) is 18.2 Å². The van der Waals surface area contributed by atoms with Gasteiger partial charge in [-0.25, -0.2) is 0 Å². The topological polar surface area (TPSA) is 97.1 Å². The molecule has 0 spiro atoms. The summed E-state index contributed by atoms with van der Waals surface area (Å²) >= 11 is 0. The molecule has 3 rings (SSSR count). The molecule has 10 heteroatoms. The molecule has 1 saturated heterocycles. The van der Waals surface area contributed by atoms with E-state index in [2.05, 4.69) is 20.8 Å². The molecule has 0 aliphatic carbocycles. The predicted molar refractivity (Wildman–Crippen MR) is 81.9 cm³/mol. The average Bonchev–Trinajstić information content (AvgIpc) is 3.08. The molecule has 0 bridgehead atoms. The highest BCUT2D eigenvalue weighted by molar-refractivity contribution is 5.95. The van der Waals surface area contributed by atoms with Crippen molar-refractivity contribution in [1.82, 2.24) is 20.8 Å². The highest BCUT2D eigenvalue weighted by Gasteiger charge is 2.34. The first-order valence-corrected chi connectivity index (χ1v) is 7.88. The van der Waals surface area contributed by atoms with E-state index in [9.17, 15) is 22.8 Å². The molecule has 2 N–H and O–H groups in total. The number of nitrogens with one attached hydrogen (secondary N) is 2. The highest BCUT2D eigenvalue weighted by atomic mass is 19.4. The Balaban J connectivity index is 1.65. The summed E-state index contributed by atoms with van der Waals surface area (Å²) in [5.74, 6) is -0.772. The van der Waals surface area contributed by atoms with Gasteiger partial charge in [-0.05, 0) is 18.6 Å². The van der Waals surface area contributed by atoms with Crippen LogP contribution in [0.15, 0.2) is 28.8 Å². The molecule has 1 aromatic heterocycles. The zero-order valence-corrected chi connectivity index (χ0v) is 13.5. The Bertz CT molecular complexity index is 819. The molecular formula is C16H15F3N4O3. The standard InChI is InChI=1S/C16H15F3N4O3/c17-16(18,19)11-4-2-1-3-10(11)15(25)21-8-13-22-14(23-26-13)9-5-6-20-12(24)7-9/h1-4,9H,5-8H2,(H,20,24)(H,21,25). The SMILES string of the molecule is O=C1CC(c2noc(CNC(=O)c3ccccc3C(F)(F)F)n2)CCN1. The van der Waals surface area contributed by atoms with E-state index >= 15 is 0 Å². The number of piperidine rings is 1. The smallest absolute Gasteiger partial charge is 0.356 e. The van der Waals surface area contributed by atoms with Crippen LogP contribution >= 0.6 is 0 Å². The summed E-state index contributed by atoms with van der Waals surface area (Å²) in [4.78, 5) is 27.6. The molecule has 1 unspecified atom stereocenters. The Morgan fingerprint density at radius 3 is 2.85 bits per heavy atom. The molecule has 1 aromatic carbocycles. The first kappa shape index (κ1) is 17.9. The second-order valence-corrected chi connectivity index (χ2v) is 5.81. The number of alkyl halides is 3. The molecule has 138 valence electrons. The lowest BCUT2D eigenvalue weighted by Gasteiger charge is -2.18. The van der Waals surface area contributed by atoms with Crippen molar-refractivity contribution in [2.24, 2.45) is 0 Å².